The molecule has 0 aliphatic rings. The van der Waals surface area contributed by atoms with E-state index >= 15 is 0 Å². The summed E-state index contributed by atoms with van der Waals surface area (Å²) < 4.78 is 15.6. The number of nitrogens with zero attached hydrogens (tertiary/aromatic N) is 1. The van der Waals surface area contributed by atoms with Crippen LogP contribution in [0.25, 0.3) is 0 Å². The van der Waals surface area contributed by atoms with Crippen LogP contribution in [-0.2, 0) is 11.3 Å². The topological polar surface area (TPSA) is 73.6 Å². The maximum atomic E-state index is 11.7. The van der Waals surface area contributed by atoms with Crippen LogP contribution in [0.5, 0.6) is 11.5 Å². The molecule has 0 unspecified atom stereocenters. The van der Waals surface area contributed by atoms with E-state index in [0.717, 1.165) is 0 Å². The molecule has 6 nitrogen and oxygen atoms in total. The maximum Gasteiger partial charge on any atom is 0.258 e. The molecule has 1 aromatic carbocycles. The zero-order chi connectivity index (χ0) is 14.4. The molecule has 0 aliphatic carbocycles. The Kier molecular flexibility index (Phi) is 4.60. The van der Waals surface area contributed by atoms with E-state index in [-0.39, 0.29) is 12.5 Å². The van der Waals surface area contributed by atoms with Crippen molar-refractivity contribution in [1.82, 2.24) is 10.3 Å². The number of carbonyl (C=O) groups excluding carboxylic acids is 1. The minimum atomic E-state index is -0.239. The number of oxazole rings is 1. The quantitative estimate of drug-likeness (QED) is 0.869. The third kappa shape index (κ3) is 3.74. The number of rotatable bonds is 6. The number of para-hydroxylation sites is 2. The van der Waals surface area contributed by atoms with Crippen LogP contribution in [0.4, 0.5) is 0 Å². The van der Waals surface area contributed by atoms with Crippen molar-refractivity contribution in [3.8, 4) is 11.5 Å². The second-order valence-corrected chi connectivity index (χ2v) is 4.07. The molecule has 0 bridgehead atoms. The number of carbonyl (C=O) groups is 1. The highest BCUT2D eigenvalue weighted by Gasteiger charge is 2.07. The van der Waals surface area contributed by atoms with Gasteiger partial charge in [-0.1, -0.05) is 12.1 Å². The minimum Gasteiger partial charge on any atom is -0.493 e. The molecule has 1 heterocycles. The first-order valence-corrected chi connectivity index (χ1v) is 6.12. The van der Waals surface area contributed by atoms with E-state index < -0.39 is 0 Å². The normalized spacial score (nSPS) is 10.1. The van der Waals surface area contributed by atoms with E-state index in [1.165, 1.54) is 6.26 Å². The Balaban J connectivity index is 1.80. The first-order chi connectivity index (χ1) is 9.69. The summed E-state index contributed by atoms with van der Waals surface area (Å²) in [6.45, 7) is 1.97. The van der Waals surface area contributed by atoms with E-state index in [0.29, 0.717) is 29.6 Å². The summed E-state index contributed by atoms with van der Waals surface area (Å²) in [5.74, 6) is 1.45. The molecule has 1 N–H and O–H groups in total. The number of hydrogen-bond donors (Lipinski definition) is 1. The summed E-state index contributed by atoms with van der Waals surface area (Å²) in [4.78, 5) is 15.7. The van der Waals surface area contributed by atoms with E-state index in [2.05, 4.69) is 10.3 Å². The third-order valence-corrected chi connectivity index (χ3v) is 2.56. The van der Waals surface area contributed by atoms with Gasteiger partial charge < -0.3 is 19.2 Å². The van der Waals surface area contributed by atoms with Crippen LogP contribution in [0.3, 0.4) is 0 Å². The smallest absolute Gasteiger partial charge is 0.258 e. The van der Waals surface area contributed by atoms with E-state index in [1.54, 1.807) is 26.2 Å². The van der Waals surface area contributed by atoms with Gasteiger partial charge in [0.15, 0.2) is 24.0 Å². The van der Waals surface area contributed by atoms with Gasteiger partial charge in [0.1, 0.15) is 6.26 Å². The highest BCUT2D eigenvalue weighted by Crippen LogP contribution is 2.25. The predicted molar refractivity (Wildman–Crippen MR) is 71.6 cm³/mol. The Morgan fingerprint density at radius 2 is 2.10 bits per heavy atom. The number of nitrogens with one attached hydrogen (secondary N) is 1. The Hall–Kier alpha value is -2.50. The van der Waals surface area contributed by atoms with Crippen molar-refractivity contribution in [2.45, 2.75) is 13.5 Å². The van der Waals surface area contributed by atoms with Crippen LogP contribution >= 0.6 is 0 Å². The average Bonchev–Trinajstić information content (AvgIpc) is 2.89. The van der Waals surface area contributed by atoms with Gasteiger partial charge in [0, 0.05) is 6.92 Å². The predicted octanol–water partition coefficient (Wildman–Crippen LogP) is 1.69. The summed E-state index contributed by atoms with van der Waals surface area (Å²) in [5, 5.41) is 2.69. The molecule has 0 spiro atoms. The largest absolute Gasteiger partial charge is 0.493 e. The second kappa shape index (κ2) is 6.60. The summed E-state index contributed by atoms with van der Waals surface area (Å²) in [5.41, 5.74) is 0.674. The molecule has 6 heteroatoms. The molecule has 2 aromatic rings. The number of benzene rings is 1. The number of methoxy groups -OCH3 is 1. The van der Waals surface area contributed by atoms with Crippen molar-refractivity contribution in [2.24, 2.45) is 0 Å². The van der Waals surface area contributed by atoms with E-state index in [9.17, 15) is 4.79 Å². The number of amides is 1. The van der Waals surface area contributed by atoms with Gasteiger partial charge in [0.05, 0.1) is 19.3 Å². The fraction of sp³-hybridized carbons (Fsp3) is 0.286. The van der Waals surface area contributed by atoms with Crippen LogP contribution in [-0.4, -0.2) is 24.6 Å². The molecule has 0 radical (unpaired) electrons. The first kappa shape index (κ1) is 13.9. The zero-order valence-corrected chi connectivity index (χ0v) is 11.4. The average molecular weight is 276 g/mol. The van der Waals surface area contributed by atoms with Crippen molar-refractivity contribution in [2.75, 3.05) is 13.7 Å². The molecule has 0 aliphatic heterocycles. The molecule has 0 atom stereocenters. The third-order valence-electron chi connectivity index (χ3n) is 2.56. The highest BCUT2D eigenvalue weighted by molar-refractivity contribution is 5.77. The molecule has 0 saturated heterocycles. The Bertz CT molecular complexity index is 580. The SMILES string of the molecule is COc1ccccc1OCC(=O)NCc1coc(C)n1. The van der Waals surface area contributed by atoms with Crippen LogP contribution < -0.4 is 14.8 Å². The van der Waals surface area contributed by atoms with Crippen molar-refractivity contribution < 1.29 is 18.7 Å². The molecule has 20 heavy (non-hydrogen) atoms. The van der Waals surface area contributed by atoms with Gasteiger partial charge in [0.2, 0.25) is 0 Å². The first-order valence-electron chi connectivity index (χ1n) is 6.12. The summed E-state index contributed by atoms with van der Waals surface area (Å²) in [6, 6.07) is 7.16. The lowest BCUT2D eigenvalue weighted by atomic mass is 10.3. The van der Waals surface area contributed by atoms with E-state index in [4.69, 9.17) is 13.9 Å². The number of hydrogen-bond acceptors (Lipinski definition) is 5. The van der Waals surface area contributed by atoms with Gasteiger partial charge in [-0.3, -0.25) is 4.79 Å². The second-order valence-electron chi connectivity index (χ2n) is 4.07. The van der Waals surface area contributed by atoms with Crippen molar-refractivity contribution in [1.29, 1.82) is 0 Å². The maximum absolute atomic E-state index is 11.7. The number of aromatic nitrogens is 1. The fourth-order valence-corrected chi connectivity index (χ4v) is 1.61. The molecular formula is C14H16N2O4. The number of aryl methyl sites for hydroxylation is 1. The van der Waals surface area contributed by atoms with Crippen LogP contribution in [0.15, 0.2) is 34.9 Å². The van der Waals surface area contributed by atoms with Crippen molar-refractivity contribution >= 4 is 5.91 Å². The fourth-order valence-electron chi connectivity index (χ4n) is 1.61. The minimum absolute atomic E-state index is 0.0861. The Morgan fingerprint density at radius 1 is 1.35 bits per heavy atom. The number of ether oxygens (including phenoxy) is 2. The summed E-state index contributed by atoms with van der Waals surface area (Å²) >= 11 is 0. The summed E-state index contributed by atoms with van der Waals surface area (Å²) in [6.07, 6.45) is 1.51. The van der Waals surface area contributed by atoms with Gasteiger partial charge >= 0.3 is 0 Å². The zero-order valence-electron chi connectivity index (χ0n) is 11.4. The molecule has 2 rings (SSSR count). The van der Waals surface area contributed by atoms with Crippen LogP contribution in [0.2, 0.25) is 0 Å². The van der Waals surface area contributed by atoms with Gasteiger partial charge in [-0.15, -0.1) is 0 Å². The lowest BCUT2D eigenvalue weighted by Crippen LogP contribution is -2.28. The highest BCUT2D eigenvalue weighted by atomic mass is 16.5. The molecule has 0 saturated carbocycles. The van der Waals surface area contributed by atoms with Crippen molar-refractivity contribution in [3.05, 3.63) is 42.1 Å². The molecule has 0 fully saturated rings. The Labute approximate surface area is 116 Å². The molecular weight excluding hydrogens is 260 g/mol. The standard InChI is InChI=1S/C14H16N2O4/c1-10-16-11(8-19-10)7-15-14(17)9-20-13-6-4-3-5-12(13)18-2/h3-6,8H,7,9H2,1-2H3,(H,15,17). The lowest BCUT2D eigenvalue weighted by molar-refractivity contribution is -0.123. The van der Waals surface area contributed by atoms with Crippen molar-refractivity contribution in [3.63, 3.8) is 0 Å². The summed E-state index contributed by atoms with van der Waals surface area (Å²) in [7, 11) is 1.55. The molecule has 106 valence electrons. The lowest BCUT2D eigenvalue weighted by Gasteiger charge is -2.09. The monoisotopic (exact) mass is 276 g/mol. The van der Waals surface area contributed by atoms with Gasteiger partial charge in [-0.05, 0) is 12.1 Å². The molecule has 1 amide bonds. The van der Waals surface area contributed by atoms with Crippen LogP contribution in [0.1, 0.15) is 11.6 Å². The van der Waals surface area contributed by atoms with E-state index in [1.807, 2.05) is 12.1 Å². The van der Waals surface area contributed by atoms with Crippen LogP contribution in [0, 0.1) is 6.92 Å². The Morgan fingerprint density at radius 3 is 2.75 bits per heavy atom. The van der Waals surface area contributed by atoms with Gasteiger partial charge in [-0.2, -0.15) is 0 Å². The van der Waals surface area contributed by atoms with Gasteiger partial charge in [0.25, 0.3) is 5.91 Å². The molecule has 1 aromatic heterocycles. The van der Waals surface area contributed by atoms with Gasteiger partial charge in [-0.25, -0.2) is 4.98 Å².